The molecular weight excluding hydrogens is 240 g/mol. The lowest BCUT2D eigenvalue weighted by atomic mass is 10.2. The van der Waals surface area contributed by atoms with Crippen molar-refractivity contribution in [2.24, 2.45) is 0 Å². The van der Waals surface area contributed by atoms with E-state index in [-0.39, 0.29) is 11.8 Å². The number of nitriles is 1. The Bertz CT molecular complexity index is 532. The van der Waals surface area contributed by atoms with Crippen molar-refractivity contribution in [1.82, 2.24) is 5.32 Å². The Balaban J connectivity index is 2.15. The molecule has 1 amide bonds. The third-order valence-corrected chi connectivity index (χ3v) is 2.56. The fraction of sp³-hybridized carbons (Fsp3) is 0.167. The molecule has 0 fully saturated rings. The van der Waals surface area contributed by atoms with Crippen molar-refractivity contribution in [3.63, 3.8) is 0 Å². The zero-order valence-electron chi connectivity index (χ0n) is 8.87. The number of benzene rings is 1. The molecular formula is C12H9ClN2O2. The van der Waals surface area contributed by atoms with Gasteiger partial charge in [-0.25, -0.2) is 0 Å². The summed E-state index contributed by atoms with van der Waals surface area (Å²) in [5.41, 5.74) is 0.887. The Kier molecular flexibility index (Phi) is 3.31. The Morgan fingerprint density at radius 2 is 2.35 bits per heavy atom. The normalized spacial score (nSPS) is 14.1. The zero-order chi connectivity index (χ0) is 12.3. The van der Waals surface area contributed by atoms with E-state index in [0.717, 1.165) is 0 Å². The lowest BCUT2D eigenvalue weighted by Gasteiger charge is -2.06. The summed E-state index contributed by atoms with van der Waals surface area (Å²) in [6.07, 6.45) is 0.529. The minimum Gasteiger partial charge on any atom is -0.478 e. The first kappa shape index (κ1) is 11.5. The van der Waals surface area contributed by atoms with E-state index in [1.54, 1.807) is 24.3 Å². The Labute approximate surface area is 103 Å². The van der Waals surface area contributed by atoms with Crippen LogP contribution < -0.4 is 5.32 Å². The molecule has 0 bridgehead atoms. The van der Waals surface area contributed by atoms with Crippen LogP contribution in [0.15, 0.2) is 35.7 Å². The van der Waals surface area contributed by atoms with Crippen LogP contribution in [0.25, 0.3) is 0 Å². The van der Waals surface area contributed by atoms with Crippen molar-refractivity contribution in [1.29, 1.82) is 5.26 Å². The highest BCUT2D eigenvalue weighted by atomic mass is 35.5. The maximum Gasteiger partial charge on any atom is 0.258 e. The van der Waals surface area contributed by atoms with Crippen LogP contribution in [-0.4, -0.2) is 12.5 Å². The maximum atomic E-state index is 11.8. The van der Waals surface area contributed by atoms with Gasteiger partial charge >= 0.3 is 0 Å². The van der Waals surface area contributed by atoms with Gasteiger partial charge in [-0.15, -0.1) is 0 Å². The summed E-state index contributed by atoms with van der Waals surface area (Å²) >= 11 is 5.79. The standard InChI is InChI=1S/C12H9ClN2O2/c13-10-3-1-2-8(6-10)11(16)15-12-9(7-14)4-5-17-12/h1-3,6H,4-5H2,(H,15,16). The third kappa shape index (κ3) is 2.58. The predicted octanol–water partition coefficient (Wildman–Crippen LogP) is 2.23. The molecule has 1 aliphatic rings. The molecule has 1 heterocycles. The average Bonchev–Trinajstić information content (AvgIpc) is 2.76. The van der Waals surface area contributed by atoms with E-state index < -0.39 is 0 Å². The first-order valence-electron chi connectivity index (χ1n) is 5.03. The molecule has 5 heteroatoms. The molecule has 86 valence electrons. The van der Waals surface area contributed by atoms with E-state index in [1.165, 1.54) is 0 Å². The van der Waals surface area contributed by atoms with Crippen LogP contribution in [0.3, 0.4) is 0 Å². The molecule has 1 aromatic carbocycles. The zero-order valence-corrected chi connectivity index (χ0v) is 9.62. The van der Waals surface area contributed by atoms with Crippen LogP contribution in [0.2, 0.25) is 5.02 Å². The highest BCUT2D eigenvalue weighted by molar-refractivity contribution is 6.30. The van der Waals surface area contributed by atoms with Gasteiger partial charge < -0.3 is 4.74 Å². The number of amides is 1. The second-order valence-electron chi connectivity index (χ2n) is 3.48. The number of carbonyl (C=O) groups excluding carboxylic acids is 1. The number of nitrogens with zero attached hydrogens (tertiary/aromatic N) is 1. The molecule has 0 aliphatic carbocycles. The van der Waals surface area contributed by atoms with Gasteiger partial charge in [-0.1, -0.05) is 17.7 Å². The van der Waals surface area contributed by atoms with Crippen molar-refractivity contribution >= 4 is 17.5 Å². The molecule has 0 aromatic heterocycles. The monoisotopic (exact) mass is 248 g/mol. The number of ether oxygens (including phenoxy) is 1. The molecule has 0 spiro atoms. The minimum absolute atomic E-state index is 0.248. The van der Waals surface area contributed by atoms with Gasteiger partial charge in [0.25, 0.3) is 5.91 Å². The highest BCUT2D eigenvalue weighted by Gasteiger charge is 2.18. The Hall–Kier alpha value is -1.99. The maximum absolute atomic E-state index is 11.8. The van der Waals surface area contributed by atoms with Gasteiger partial charge in [-0.2, -0.15) is 5.26 Å². The van der Waals surface area contributed by atoms with Crippen LogP contribution in [0.4, 0.5) is 0 Å². The molecule has 0 radical (unpaired) electrons. The van der Waals surface area contributed by atoms with Crippen molar-refractivity contribution in [2.45, 2.75) is 6.42 Å². The molecule has 0 saturated heterocycles. The number of rotatable bonds is 2. The lowest BCUT2D eigenvalue weighted by molar-refractivity contribution is 0.0930. The van der Waals surface area contributed by atoms with Crippen LogP contribution in [-0.2, 0) is 4.74 Å². The summed E-state index contributed by atoms with van der Waals surface area (Å²) in [4.78, 5) is 11.8. The summed E-state index contributed by atoms with van der Waals surface area (Å²) in [5.74, 6) is -0.0883. The fourth-order valence-corrected chi connectivity index (χ4v) is 1.67. The van der Waals surface area contributed by atoms with Gasteiger partial charge in [-0.3, -0.25) is 10.1 Å². The largest absolute Gasteiger partial charge is 0.478 e. The molecule has 17 heavy (non-hydrogen) atoms. The molecule has 0 atom stereocenters. The molecule has 2 rings (SSSR count). The van der Waals surface area contributed by atoms with Gasteiger partial charge in [0.15, 0.2) is 0 Å². The van der Waals surface area contributed by atoms with Gasteiger partial charge in [0.1, 0.15) is 6.07 Å². The Morgan fingerprint density at radius 1 is 1.53 bits per heavy atom. The summed E-state index contributed by atoms with van der Waals surface area (Å²) in [6.45, 7) is 0.425. The molecule has 1 N–H and O–H groups in total. The summed E-state index contributed by atoms with van der Waals surface area (Å²) in [7, 11) is 0. The van der Waals surface area contributed by atoms with Crippen LogP contribution >= 0.6 is 11.6 Å². The topological polar surface area (TPSA) is 62.1 Å². The van der Waals surface area contributed by atoms with E-state index in [9.17, 15) is 4.79 Å². The summed E-state index contributed by atoms with van der Waals surface area (Å²) in [6, 6.07) is 8.56. The SMILES string of the molecule is N#CC1=C(NC(=O)c2cccc(Cl)c2)OCC1. The summed E-state index contributed by atoms with van der Waals surface area (Å²) in [5, 5.41) is 11.9. The van der Waals surface area contributed by atoms with Crippen molar-refractivity contribution in [3.05, 3.63) is 46.3 Å². The summed E-state index contributed by atoms with van der Waals surface area (Å²) < 4.78 is 5.17. The minimum atomic E-state index is -0.336. The Morgan fingerprint density at radius 3 is 3.06 bits per heavy atom. The molecule has 1 aromatic rings. The van der Waals surface area contributed by atoms with Gasteiger partial charge in [0.05, 0.1) is 12.2 Å². The first-order chi connectivity index (χ1) is 8.20. The molecule has 0 unspecified atom stereocenters. The van der Waals surface area contributed by atoms with Gasteiger partial charge in [-0.05, 0) is 18.2 Å². The van der Waals surface area contributed by atoms with Crippen molar-refractivity contribution in [3.8, 4) is 6.07 Å². The molecule has 1 aliphatic heterocycles. The van der Waals surface area contributed by atoms with E-state index in [4.69, 9.17) is 21.6 Å². The number of halogens is 1. The van der Waals surface area contributed by atoms with E-state index in [1.807, 2.05) is 6.07 Å². The molecule has 4 nitrogen and oxygen atoms in total. The van der Waals surface area contributed by atoms with Crippen molar-refractivity contribution in [2.75, 3.05) is 6.61 Å². The second-order valence-corrected chi connectivity index (χ2v) is 3.92. The van der Waals surface area contributed by atoms with Crippen LogP contribution in [0, 0.1) is 11.3 Å². The second kappa shape index (κ2) is 4.89. The highest BCUT2D eigenvalue weighted by Crippen LogP contribution is 2.17. The first-order valence-corrected chi connectivity index (χ1v) is 5.41. The van der Waals surface area contributed by atoms with E-state index >= 15 is 0 Å². The van der Waals surface area contributed by atoms with Crippen LogP contribution in [0.1, 0.15) is 16.8 Å². The average molecular weight is 249 g/mol. The number of hydrogen-bond acceptors (Lipinski definition) is 3. The number of hydrogen-bond donors (Lipinski definition) is 1. The van der Waals surface area contributed by atoms with Gasteiger partial charge in [0, 0.05) is 17.0 Å². The van der Waals surface area contributed by atoms with E-state index in [0.29, 0.717) is 29.2 Å². The van der Waals surface area contributed by atoms with E-state index in [2.05, 4.69) is 5.32 Å². The smallest absolute Gasteiger partial charge is 0.258 e. The molecule has 0 saturated carbocycles. The quantitative estimate of drug-likeness (QED) is 0.873. The fourth-order valence-electron chi connectivity index (χ4n) is 1.48. The third-order valence-electron chi connectivity index (χ3n) is 2.32. The van der Waals surface area contributed by atoms with Gasteiger partial charge in [0.2, 0.25) is 5.88 Å². The number of carbonyl (C=O) groups is 1. The number of nitrogens with one attached hydrogen (secondary N) is 1. The van der Waals surface area contributed by atoms with Crippen molar-refractivity contribution < 1.29 is 9.53 Å². The predicted molar refractivity (Wildman–Crippen MR) is 62.1 cm³/mol. The van der Waals surface area contributed by atoms with Crippen LogP contribution in [0.5, 0.6) is 0 Å². The lowest BCUT2D eigenvalue weighted by Crippen LogP contribution is -2.23.